The first-order chi connectivity index (χ1) is 12.9. The summed E-state index contributed by atoms with van der Waals surface area (Å²) in [6, 6.07) is 5.14. The molecule has 1 aromatic carbocycles. The van der Waals surface area contributed by atoms with Crippen LogP contribution in [0.4, 0.5) is 5.82 Å². The molecule has 144 valence electrons. The van der Waals surface area contributed by atoms with Gasteiger partial charge >= 0.3 is 0 Å². The molecule has 2 saturated heterocycles. The van der Waals surface area contributed by atoms with Gasteiger partial charge in [-0.2, -0.15) is 0 Å². The lowest BCUT2D eigenvalue weighted by molar-refractivity contribution is 0.133. The fourth-order valence-electron chi connectivity index (χ4n) is 3.99. The Morgan fingerprint density at radius 2 is 1.85 bits per heavy atom. The molecular weight excluding hydrogens is 409 g/mol. The highest BCUT2D eigenvalue weighted by Crippen LogP contribution is 2.40. The predicted octanol–water partition coefficient (Wildman–Crippen LogP) is 4.51. The Morgan fingerprint density at radius 3 is 2.52 bits per heavy atom. The molecule has 1 spiro atoms. The maximum atomic E-state index is 13.0. The summed E-state index contributed by atoms with van der Waals surface area (Å²) in [5.41, 5.74) is 0.419. The zero-order valence-corrected chi connectivity index (χ0v) is 17.2. The van der Waals surface area contributed by atoms with Crippen LogP contribution in [-0.4, -0.2) is 35.9 Å². The first kappa shape index (κ1) is 19.1. The van der Waals surface area contributed by atoms with E-state index in [1.54, 1.807) is 25.1 Å². The van der Waals surface area contributed by atoms with Gasteiger partial charge in [-0.1, -0.05) is 40.9 Å². The fourth-order valence-corrected chi connectivity index (χ4v) is 4.61. The van der Waals surface area contributed by atoms with Gasteiger partial charge in [0.1, 0.15) is 10.8 Å². The standard InChI is InChI=1S/C19H20Cl3N3O2/c1-12-23-17(24-8-5-19(6-9-24)7-10-27-11-19)16(22)18(26)25(12)14-4-2-3-13(20)15(14)21/h2-4H,5-11H2,1H3. The first-order valence-corrected chi connectivity index (χ1v) is 10.1. The van der Waals surface area contributed by atoms with Crippen LogP contribution in [0.2, 0.25) is 15.1 Å². The molecule has 4 rings (SSSR count). The van der Waals surface area contributed by atoms with E-state index in [1.807, 2.05) is 0 Å². The molecule has 0 aliphatic carbocycles. The summed E-state index contributed by atoms with van der Waals surface area (Å²) in [5.74, 6) is 1.07. The smallest absolute Gasteiger partial charge is 0.279 e. The maximum absolute atomic E-state index is 13.0. The van der Waals surface area contributed by atoms with Gasteiger partial charge in [-0.25, -0.2) is 4.98 Å². The molecule has 2 aliphatic rings. The van der Waals surface area contributed by atoms with E-state index < -0.39 is 0 Å². The summed E-state index contributed by atoms with van der Waals surface area (Å²) in [7, 11) is 0. The van der Waals surface area contributed by atoms with Gasteiger partial charge < -0.3 is 9.64 Å². The third kappa shape index (κ3) is 3.35. The minimum absolute atomic E-state index is 0.107. The van der Waals surface area contributed by atoms with Crippen LogP contribution in [0.3, 0.4) is 0 Å². The molecule has 8 heteroatoms. The van der Waals surface area contributed by atoms with E-state index in [1.165, 1.54) is 4.57 Å². The van der Waals surface area contributed by atoms with E-state index in [2.05, 4.69) is 9.88 Å². The van der Waals surface area contributed by atoms with Crippen molar-refractivity contribution in [3.8, 4) is 5.69 Å². The van der Waals surface area contributed by atoms with Crippen LogP contribution >= 0.6 is 34.8 Å². The van der Waals surface area contributed by atoms with Gasteiger partial charge in [0.2, 0.25) is 0 Å². The van der Waals surface area contributed by atoms with E-state index in [-0.39, 0.29) is 16.0 Å². The number of hydrogen-bond acceptors (Lipinski definition) is 4. The van der Waals surface area contributed by atoms with Crippen molar-refractivity contribution in [2.24, 2.45) is 5.41 Å². The minimum Gasteiger partial charge on any atom is -0.381 e. The van der Waals surface area contributed by atoms with E-state index in [9.17, 15) is 4.79 Å². The lowest BCUT2D eigenvalue weighted by Crippen LogP contribution is -2.42. The number of nitrogens with zero attached hydrogens (tertiary/aromatic N) is 3. The second-order valence-electron chi connectivity index (χ2n) is 7.30. The molecule has 2 aromatic rings. The molecule has 0 unspecified atom stereocenters. The highest BCUT2D eigenvalue weighted by Gasteiger charge is 2.38. The Labute approximate surface area is 172 Å². The van der Waals surface area contributed by atoms with Crippen LogP contribution in [0.25, 0.3) is 5.69 Å². The van der Waals surface area contributed by atoms with Crippen molar-refractivity contribution in [2.75, 3.05) is 31.2 Å². The highest BCUT2D eigenvalue weighted by molar-refractivity contribution is 6.43. The van der Waals surface area contributed by atoms with Crippen LogP contribution in [0, 0.1) is 12.3 Å². The second kappa shape index (κ2) is 7.28. The topological polar surface area (TPSA) is 47.4 Å². The number of rotatable bonds is 2. The maximum Gasteiger partial charge on any atom is 0.279 e. The summed E-state index contributed by atoms with van der Waals surface area (Å²) in [5, 5.41) is 0.784. The first-order valence-electron chi connectivity index (χ1n) is 8.98. The summed E-state index contributed by atoms with van der Waals surface area (Å²) in [6.45, 7) is 5.08. The number of aryl methyl sites for hydroxylation is 1. The monoisotopic (exact) mass is 427 g/mol. The van der Waals surface area contributed by atoms with Crippen molar-refractivity contribution in [2.45, 2.75) is 26.2 Å². The average Bonchev–Trinajstić information content (AvgIpc) is 3.11. The van der Waals surface area contributed by atoms with Crippen molar-refractivity contribution in [1.29, 1.82) is 0 Å². The predicted molar refractivity (Wildman–Crippen MR) is 109 cm³/mol. The molecule has 0 N–H and O–H groups in total. The Morgan fingerprint density at radius 1 is 1.11 bits per heavy atom. The summed E-state index contributed by atoms with van der Waals surface area (Å²) in [4.78, 5) is 19.8. The van der Waals surface area contributed by atoms with Crippen molar-refractivity contribution >= 4 is 40.6 Å². The fraction of sp³-hybridized carbons (Fsp3) is 0.474. The van der Waals surface area contributed by atoms with Crippen LogP contribution in [0.15, 0.2) is 23.0 Å². The number of aromatic nitrogens is 2. The molecule has 1 aromatic heterocycles. The molecule has 0 atom stereocenters. The zero-order chi connectivity index (χ0) is 19.2. The Balaban J connectivity index is 1.69. The van der Waals surface area contributed by atoms with Gasteiger partial charge in [0, 0.05) is 19.7 Å². The van der Waals surface area contributed by atoms with Crippen LogP contribution in [0.5, 0.6) is 0 Å². The minimum atomic E-state index is -0.340. The van der Waals surface area contributed by atoms with E-state index in [4.69, 9.17) is 39.5 Å². The summed E-state index contributed by atoms with van der Waals surface area (Å²) >= 11 is 18.9. The van der Waals surface area contributed by atoms with Crippen molar-refractivity contribution in [3.05, 3.63) is 49.4 Å². The van der Waals surface area contributed by atoms with Crippen molar-refractivity contribution < 1.29 is 4.74 Å². The molecule has 0 amide bonds. The zero-order valence-electron chi connectivity index (χ0n) is 15.0. The molecule has 0 radical (unpaired) electrons. The summed E-state index contributed by atoms with van der Waals surface area (Å²) < 4.78 is 7.00. The molecule has 2 fully saturated rings. The van der Waals surface area contributed by atoms with Gasteiger partial charge in [-0.3, -0.25) is 9.36 Å². The van der Waals surface area contributed by atoms with Crippen molar-refractivity contribution in [3.63, 3.8) is 0 Å². The molecule has 2 aliphatic heterocycles. The van der Waals surface area contributed by atoms with Crippen LogP contribution in [-0.2, 0) is 4.74 Å². The number of benzene rings is 1. The van der Waals surface area contributed by atoms with Crippen LogP contribution in [0.1, 0.15) is 25.1 Å². The van der Waals surface area contributed by atoms with E-state index in [0.29, 0.717) is 27.4 Å². The number of ether oxygens (including phenoxy) is 1. The second-order valence-corrected chi connectivity index (χ2v) is 8.46. The third-order valence-corrected chi connectivity index (χ3v) is 6.80. The van der Waals surface area contributed by atoms with Gasteiger partial charge in [-0.15, -0.1) is 0 Å². The van der Waals surface area contributed by atoms with Gasteiger partial charge in [-0.05, 0) is 43.7 Å². The average molecular weight is 429 g/mol. The highest BCUT2D eigenvalue weighted by atomic mass is 35.5. The number of piperidine rings is 1. The molecule has 27 heavy (non-hydrogen) atoms. The van der Waals surface area contributed by atoms with Gasteiger partial charge in [0.15, 0.2) is 5.82 Å². The number of halogens is 3. The van der Waals surface area contributed by atoms with Crippen LogP contribution < -0.4 is 10.5 Å². The van der Waals surface area contributed by atoms with Gasteiger partial charge in [0.05, 0.1) is 22.3 Å². The molecule has 5 nitrogen and oxygen atoms in total. The Kier molecular flexibility index (Phi) is 5.14. The number of hydrogen-bond donors (Lipinski definition) is 0. The number of anilines is 1. The van der Waals surface area contributed by atoms with Gasteiger partial charge in [0.25, 0.3) is 5.56 Å². The molecule has 3 heterocycles. The van der Waals surface area contributed by atoms with E-state index in [0.717, 1.165) is 45.6 Å². The Hall–Kier alpha value is -1.27. The largest absolute Gasteiger partial charge is 0.381 e. The normalized spacial score (nSPS) is 19.0. The lowest BCUT2D eigenvalue weighted by atomic mass is 9.78. The molecular formula is C19H20Cl3N3O2. The SMILES string of the molecule is Cc1nc(N2CCC3(CCOC3)CC2)c(Cl)c(=O)n1-c1cccc(Cl)c1Cl. The summed E-state index contributed by atoms with van der Waals surface area (Å²) in [6.07, 6.45) is 3.15. The molecule has 0 saturated carbocycles. The third-order valence-electron chi connectivity index (χ3n) is 5.66. The lowest BCUT2D eigenvalue weighted by Gasteiger charge is -2.39. The van der Waals surface area contributed by atoms with Crippen molar-refractivity contribution in [1.82, 2.24) is 9.55 Å². The molecule has 0 bridgehead atoms. The quantitative estimate of drug-likeness (QED) is 0.706. The Bertz CT molecular complexity index is 929. The van der Waals surface area contributed by atoms with E-state index >= 15 is 0 Å².